The highest BCUT2D eigenvalue weighted by Gasteiger charge is 2.34. The summed E-state index contributed by atoms with van der Waals surface area (Å²) in [6, 6.07) is 1.49. The molecular formula is C14H24N4. The lowest BCUT2D eigenvalue weighted by Gasteiger charge is -2.17. The number of rotatable bonds is 6. The summed E-state index contributed by atoms with van der Waals surface area (Å²) in [4.78, 5) is 7.09. The summed E-state index contributed by atoms with van der Waals surface area (Å²) in [7, 11) is 0. The minimum absolute atomic E-state index is 0.591. The SMILES string of the molecule is CCCCn1ccnc1NC1CCN(C2CC2)C1. The van der Waals surface area contributed by atoms with Crippen LogP contribution in [0.5, 0.6) is 0 Å². The minimum Gasteiger partial charge on any atom is -0.352 e. The number of imidazole rings is 1. The second kappa shape index (κ2) is 5.31. The normalized spacial score (nSPS) is 24.6. The Kier molecular flexibility index (Phi) is 3.55. The molecular weight excluding hydrogens is 224 g/mol. The molecule has 1 N–H and O–H groups in total. The lowest BCUT2D eigenvalue weighted by molar-refractivity contribution is 0.326. The van der Waals surface area contributed by atoms with Gasteiger partial charge in [-0.05, 0) is 25.7 Å². The molecule has 18 heavy (non-hydrogen) atoms. The topological polar surface area (TPSA) is 33.1 Å². The van der Waals surface area contributed by atoms with Crippen molar-refractivity contribution in [3.8, 4) is 0 Å². The highest BCUT2D eigenvalue weighted by molar-refractivity contribution is 5.28. The van der Waals surface area contributed by atoms with Gasteiger partial charge >= 0.3 is 0 Å². The Labute approximate surface area is 109 Å². The number of hydrogen-bond donors (Lipinski definition) is 1. The molecule has 2 heterocycles. The zero-order valence-corrected chi connectivity index (χ0v) is 11.3. The molecule has 0 amide bonds. The fourth-order valence-electron chi connectivity index (χ4n) is 2.82. The maximum Gasteiger partial charge on any atom is 0.203 e. The number of anilines is 1. The summed E-state index contributed by atoms with van der Waals surface area (Å²) in [5, 5.41) is 3.62. The Hall–Kier alpha value is -1.03. The number of nitrogens with one attached hydrogen (secondary N) is 1. The molecule has 0 radical (unpaired) electrons. The first-order chi connectivity index (χ1) is 8.86. The van der Waals surface area contributed by atoms with Gasteiger partial charge in [0.15, 0.2) is 0 Å². The van der Waals surface area contributed by atoms with E-state index in [4.69, 9.17) is 0 Å². The van der Waals surface area contributed by atoms with Crippen molar-refractivity contribution in [1.29, 1.82) is 0 Å². The van der Waals surface area contributed by atoms with Crippen LogP contribution in [0.15, 0.2) is 12.4 Å². The Morgan fingerprint density at radius 2 is 2.28 bits per heavy atom. The van der Waals surface area contributed by atoms with E-state index in [1.54, 1.807) is 0 Å². The van der Waals surface area contributed by atoms with Crippen molar-refractivity contribution in [2.45, 2.75) is 57.7 Å². The van der Waals surface area contributed by atoms with Gasteiger partial charge in [0.1, 0.15) is 0 Å². The zero-order valence-electron chi connectivity index (χ0n) is 11.3. The second-order valence-corrected chi connectivity index (χ2v) is 5.65. The van der Waals surface area contributed by atoms with Gasteiger partial charge in [0.25, 0.3) is 0 Å². The molecule has 4 heteroatoms. The second-order valence-electron chi connectivity index (χ2n) is 5.65. The van der Waals surface area contributed by atoms with E-state index in [1.807, 2.05) is 6.20 Å². The van der Waals surface area contributed by atoms with Crippen molar-refractivity contribution >= 4 is 5.95 Å². The number of aryl methyl sites for hydroxylation is 1. The maximum absolute atomic E-state index is 4.45. The number of hydrogen-bond acceptors (Lipinski definition) is 3. The molecule has 1 saturated carbocycles. The van der Waals surface area contributed by atoms with Crippen LogP contribution < -0.4 is 5.32 Å². The number of likely N-dealkylation sites (tertiary alicyclic amines) is 1. The number of aromatic nitrogens is 2. The van der Waals surface area contributed by atoms with Gasteiger partial charge in [-0.15, -0.1) is 0 Å². The summed E-state index contributed by atoms with van der Waals surface area (Å²) < 4.78 is 2.25. The fraction of sp³-hybridized carbons (Fsp3) is 0.786. The number of nitrogens with zero attached hydrogens (tertiary/aromatic N) is 3. The van der Waals surface area contributed by atoms with Crippen LogP contribution in [0.4, 0.5) is 5.95 Å². The van der Waals surface area contributed by atoms with Crippen LogP contribution in [0, 0.1) is 0 Å². The van der Waals surface area contributed by atoms with Crippen molar-refractivity contribution in [2.24, 2.45) is 0 Å². The van der Waals surface area contributed by atoms with Gasteiger partial charge in [-0.25, -0.2) is 4.98 Å². The van der Waals surface area contributed by atoms with E-state index in [0.29, 0.717) is 6.04 Å². The van der Waals surface area contributed by atoms with Gasteiger partial charge in [-0.1, -0.05) is 13.3 Å². The van der Waals surface area contributed by atoms with Crippen LogP contribution in [0.3, 0.4) is 0 Å². The Morgan fingerprint density at radius 3 is 3.06 bits per heavy atom. The molecule has 1 saturated heterocycles. The van der Waals surface area contributed by atoms with E-state index in [-0.39, 0.29) is 0 Å². The van der Waals surface area contributed by atoms with Crippen molar-refractivity contribution < 1.29 is 0 Å². The molecule has 0 bridgehead atoms. The monoisotopic (exact) mass is 248 g/mol. The van der Waals surface area contributed by atoms with E-state index in [2.05, 4.69) is 32.9 Å². The molecule has 100 valence electrons. The minimum atomic E-state index is 0.591. The molecule has 1 aliphatic heterocycles. The lowest BCUT2D eigenvalue weighted by atomic mass is 10.3. The third-order valence-corrected chi connectivity index (χ3v) is 4.08. The largest absolute Gasteiger partial charge is 0.352 e. The maximum atomic E-state index is 4.45. The first-order valence-corrected chi connectivity index (χ1v) is 7.38. The van der Waals surface area contributed by atoms with Crippen LogP contribution in [0.25, 0.3) is 0 Å². The fourth-order valence-corrected chi connectivity index (χ4v) is 2.82. The predicted molar refractivity (Wildman–Crippen MR) is 73.8 cm³/mol. The van der Waals surface area contributed by atoms with E-state index in [9.17, 15) is 0 Å². The van der Waals surface area contributed by atoms with E-state index >= 15 is 0 Å². The molecule has 4 nitrogen and oxygen atoms in total. The molecule has 1 aliphatic carbocycles. The first-order valence-electron chi connectivity index (χ1n) is 7.38. The third-order valence-electron chi connectivity index (χ3n) is 4.08. The average Bonchev–Trinajstić information content (AvgIpc) is 2.97. The molecule has 1 aromatic rings. The van der Waals surface area contributed by atoms with Crippen LogP contribution in [0.1, 0.15) is 39.0 Å². The summed E-state index contributed by atoms with van der Waals surface area (Å²) in [6.07, 6.45) is 10.5. The molecule has 1 aromatic heterocycles. The van der Waals surface area contributed by atoms with Gasteiger partial charge < -0.3 is 9.88 Å². The average molecular weight is 248 g/mol. The standard InChI is InChI=1S/C14H24N4/c1-2-3-8-17-10-7-15-14(17)16-12-6-9-18(11-12)13-4-5-13/h7,10,12-13H,2-6,8-9,11H2,1H3,(H,15,16). The predicted octanol–water partition coefficient (Wildman–Crippen LogP) is 2.33. The van der Waals surface area contributed by atoms with Gasteiger partial charge in [0.2, 0.25) is 5.95 Å². The Morgan fingerprint density at radius 1 is 1.39 bits per heavy atom. The number of unbranched alkanes of at least 4 members (excludes halogenated alkanes) is 1. The Balaban J connectivity index is 1.54. The highest BCUT2D eigenvalue weighted by atomic mass is 15.3. The molecule has 1 unspecified atom stereocenters. The van der Waals surface area contributed by atoms with Crippen LogP contribution in [-0.4, -0.2) is 39.6 Å². The van der Waals surface area contributed by atoms with Crippen molar-refractivity contribution in [3.63, 3.8) is 0 Å². The van der Waals surface area contributed by atoms with E-state index in [0.717, 1.165) is 18.5 Å². The zero-order chi connectivity index (χ0) is 12.4. The van der Waals surface area contributed by atoms with Crippen LogP contribution >= 0.6 is 0 Å². The quantitative estimate of drug-likeness (QED) is 0.839. The Bertz CT molecular complexity index is 383. The summed E-state index contributed by atoms with van der Waals surface area (Å²) >= 11 is 0. The molecule has 2 aliphatic rings. The molecule has 0 aromatic carbocycles. The molecule has 1 atom stereocenters. The highest BCUT2D eigenvalue weighted by Crippen LogP contribution is 2.30. The van der Waals surface area contributed by atoms with E-state index in [1.165, 1.54) is 45.2 Å². The first kappa shape index (κ1) is 12.0. The van der Waals surface area contributed by atoms with Gasteiger partial charge in [0.05, 0.1) is 0 Å². The van der Waals surface area contributed by atoms with E-state index < -0.39 is 0 Å². The molecule has 2 fully saturated rings. The van der Waals surface area contributed by atoms with Gasteiger partial charge in [-0.3, -0.25) is 4.90 Å². The van der Waals surface area contributed by atoms with Crippen LogP contribution in [0.2, 0.25) is 0 Å². The summed E-state index contributed by atoms with van der Waals surface area (Å²) in [6.45, 7) is 5.77. The van der Waals surface area contributed by atoms with Crippen molar-refractivity contribution in [3.05, 3.63) is 12.4 Å². The van der Waals surface area contributed by atoms with Gasteiger partial charge in [0, 0.05) is 44.1 Å². The third kappa shape index (κ3) is 2.69. The molecule has 0 spiro atoms. The van der Waals surface area contributed by atoms with Crippen LogP contribution in [-0.2, 0) is 6.54 Å². The van der Waals surface area contributed by atoms with Gasteiger partial charge in [-0.2, -0.15) is 0 Å². The van der Waals surface area contributed by atoms with Crippen molar-refractivity contribution in [2.75, 3.05) is 18.4 Å². The summed E-state index contributed by atoms with van der Waals surface area (Å²) in [5.74, 6) is 1.06. The lowest BCUT2D eigenvalue weighted by Crippen LogP contribution is -2.28. The van der Waals surface area contributed by atoms with Crippen molar-refractivity contribution in [1.82, 2.24) is 14.5 Å². The smallest absolute Gasteiger partial charge is 0.203 e. The molecule has 3 rings (SSSR count). The summed E-state index contributed by atoms with van der Waals surface area (Å²) in [5.41, 5.74) is 0.